The number of aliphatic hydroxyl groups is 1. The van der Waals surface area contributed by atoms with Gasteiger partial charge in [0.15, 0.2) is 0 Å². The average molecular weight is 668 g/mol. The molecular weight excluding hydrogens is 627 g/mol. The lowest BCUT2D eigenvalue weighted by molar-refractivity contribution is -0.141. The van der Waals surface area contributed by atoms with Gasteiger partial charge in [0.25, 0.3) is 0 Å². The first-order valence-electron chi connectivity index (χ1n) is 15.3. The van der Waals surface area contributed by atoms with E-state index in [1.54, 1.807) is 48.6 Å². The lowest BCUT2D eigenvalue weighted by atomic mass is 9.86. The molecule has 3 amide bonds. The summed E-state index contributed by atoms with van der Waals surface area (Å²) < 4.78 is 30.0. The van der Waals surface area contributed by atoms with Crippen LogP contribution in [0, 0.1) is 12.3 Å². The molecule has 1 aromatic heterocycles. The molecule has 2 aliphatic heterocycles. The van der Waals surface area contributed by atoms with E-state index in [9.17, 15) is 27.9 Å². The number of fused-ring (bicyclic) bond motifs is 1. The van der Waals surface area contributed by atoms with E-state index < -0.39 is 45.4 Å². The summed E-state index contributed by atoms with van der Waals surface area (Å²) in [6.07, 6.45) is 0.621. The average Bonchev–Trinajstić information content (AvgIpc) is 3.62. The number of rotatable bonds is 8. The standard InChI is InChI=1S/C33H41N5O6S2/c1-20-29(45-19-35-20)24-10-8-22(9-11-24)17-34-31(41)28-15-25(40)18-38(28)32(42)30(33(3,4)5)36-46(43,44)26-13-12-23-7-6-14-37(21(2)39)27(23)16-26/h8-13,16,19,25,28,30,36,40H,6-7,14-15,17-18H2,1-5H3,(H,34,41)/t25-,28+,30+/m1/s1. The first kappa shape index (κ1) is 33.7. The van der Waals surface area contributed by atoms with Gasteiger partial charge in [0.05, 0.1) is 27.1 Å². The van der Waals surface area contributed by atoms with Crippen LogP contribution in [0.4, 0.5) is 5.69 Å². The zero-order chi connectivity index (χ0) is 33.4. The van der Waals surface area contributed by atoms with E-state index >= 15 is 0 Å². The third-order valence-corrected chi connectivity index (χ3v) is 10.9. The minimum absolute atomic E-state index is 0.0382. The molecule has 246 valence electrons. The number of thiazole rings is 1. The summed E-state index contributed by atoms with van der Waals surface area (Å²) in [5.41, 5.74) is 5.21. The molecule has 3 atom stereocenters. The summed E-state index contributed by atoms with van der Waals surface area (Å²) >= 11 is 1.56. The number of β-amino-alcohol motifs (C(OH)–C–C–N with tert-alkyl or cyclic N) is 1. The molecule has 1 saturated heterocycles. The van der Waals surface area contributed by atoms with E-state index in [1.807, 2.05) is 31.2 Å². The zero-order valence-electron chi connectivity index (χ0n) is 26.7. The number of hydrogen-bond acceptors (Lipinski definition) is 8. The van der Waals surface area contributed by atoms with Crippen molar-refractivity contribution >= 4 is 44.8 Å². The maximum absolute atomic E-state index is 14.0. The van der Waals surface area contributed by atoms with E-state index in [4.69, 9.17) is 0 Å². The van der Waals surface area contributed by atoms with Gasteiger partial charge < -0.3 is 20.2 Å². The van der Waals surface area contributed by atoms with Crippen molar-refractivity contribution in [1.82, 2.24) is 19.9 Å². The summed E-state index contributed by atoms with van der Waals surface area (Å²) in [6, 6.07) is 10.2. The molecule has 0 bridgehead atoms. The quantitative estimate of drug-likeness (QED) is 0.334. The van der Waals surface area contributed by atoms with E-state index in [2.05, 4.69) is 15.0 Å². The van der Waals surface area contributed by atoms with Gasteiger partial charge in [-0.3, -0.25) is 14.4 Å². The van der Waals surface area contributed by atoms with Crippen molar-refractivity contribution < 1.29 is 27.9 Å². The fourth-order valence-corrected chi connectivity index (χ4v) is 8.23. The van der Waals surface area contributed by atoms with Gasteiger partial charge in [0.2, 0.25) is 27.7 Å². The van der Waals surface area contributed by atoms with E-state index in [0.29, 0.717) is 12.2 Å². The number of benzene rings is 2. The van der Waals surface area contributed by atoms with Crippen molar-refractivity contribution in [3.05, 3.63) is 64.8 Å². The van der Waals surface area contributed by atoms with Gasteiger partial charge in [-0.15, -0.1) is 11.3 Å². The fourth-order valence-electron chi connectivity index (χ4n) is 6.00. The van der Waals surface area contributed by atoms with Gasteiger partial charge in [-0.25, -0.2) is 13.4 Å². The van der Waals surface area contributed by atoms with Gasteiger partial charge in [0.1, 0.15) is 12.1 Å². The molecular formula is C33H41N5O6S2. The number of aryl methyl sites for hydroxylation is 2. The highest BCUT2D eigenvalue weighted by atomic mass is 32.2. The normalized spacial score (nSPS) is 19.1. The molecule has 1 fully saturated rings. The first-order valence-corrected chi connectivity index (χ1v) is 17.7. The minimum atomic E-state index is -4.22. The Balaban J connectivity index is 1.31. The molecule has 2 aromatic carbocycles. The highest BCUT2D eigenvalue weighted by Crippen LogP contribution is 2.32. The van der Waals surface area contributed by atoms with E-state index in [0.717, 1.165) is 40.1 Å². The Morgan fingerprint density at radius 2 is 1.85 bits per heavy atom. The van der Waals surface area contributed by atoms with Gasteiger partial charge in [-0.05, 0) is 54.0 Å². The van der Waals surface area contributed by atoms with Gasteiger partial charge >= 0.3 is 0 Å². The summed E-state index contributed by atoms with van der Waals surface area (Å²) in [7, 11) is -4.22. The van der Waals surface area contributed by atoms with Gasteiger partial charge in [-0.2, -0.15) is 4.72 Å². The molecule has 0 unspecified atom stereocenters. The Morgan fingerprint density at radius 1 is 1.13 bits per heavy atom. The Bertz CT molecular complexity index is 1730. The van der Waals surface area contributed by atoms with Gasteiger partial charge in [-0.1, -0.05) is 51.1 Å². The molecule has 46 heavy (non-hydrogen) atoms. The third kappa shape index (κ3) is 7.17. The molecule has 0 radical (unpaired) electrons. The highest BCUT2D eigenvalue weighted by Gasteiger charge is 2.45. The maximum Gasteiger partial charge on any atom is 0.243 e. The lowest BCUT2D eigenvalue weighted by Crippen LogP contribution is -2.57. The third-order valence-electron chi connectivity index (χ3n) is 8.54. The molecule has 2 aliphatic rings. The van der Waals surface area contributed by atoms with Crippen molar-refractivity contribution in [2.75, 3.05) is 18.0 Å². The van der Waals surface area contributed by atoms with E-state index in [-0.39, 0.29) is 30.3 Å². The van der Waals surface area contributed by atoms with Crippen molar-refractivity contribution in [1.29, 1.82) is 0 Å². The summed E-state index contributed by atoms with van der Waals surface area (Å²) in [5.74, 6) is -1.20. The van der Waals surface area contributed by atoms with Crippen molar-refractivity contribution in [2.45, 2.75) is 83.5 Å². The molecule has 13 heteroatoms. The summed E-state index contributed by atoms with van der Waals surface area (Å²) in [5, 5.41) is 13.4. The summed E-state index contributed by atoms with van der Waals surface area (Å²) in [6.45, 7) is 9.24. The number of carbonyl (C=O) groups is 3. The number of nitrogens with zero attached hydrogens (tertiary/aromatic N) is 3. The summed E-state index contributed by atoms with van der Waals surface area (Å²) in [4.78, 5) is 47.8. The number of hydrogen-bond donors (Lipinski definition) is 3. The fraction of sp³-hybridized carbons (Fsp3) is 0.455. The van der Waals surface area contributed by atoms with Crippen LogP contribution in [0.15, 0.2) is 52.9 Å². The first-order chi connectivity index (χ1) is 21.7. The second-order valence-electron chi connectivity index (χ2n) is 13.1. The second-order valence-corrected chi connectivity index (χ2v) is 15.6. The van der Waals surface area contributed by atoms with Crippen molar-refractivity contribution in [3.8, 4) is 10.4 Å². The van der Waals surface area contributed by atoms with E-state index in [1.165, 1.54) is 24.0 Å². The SMILES string of the molecule is CC(=O)N1CCCc2ccc(S(=O)(=O)N[C@@H](C(=O)N3C[C@H](O)C[C@H]3C(=O)NCc3ccc(-c4scnc4C)cc3)C(C)(C)C)cc21. The van der Waals surface area contributed by atoms with Crippen LogP contribution in [0.2, 0.25) is 0 Å². The minimum Gasteiger partial charge on any atom is -0.391 e. The molecule has 3 N–H and O–H groups in total. The van der Waals surface area contributed by atoms with Crippen LogP contribution >= 0.6 is 11.3 Å². The Labute approximate surface area is 274 Å². The van der Waals surface area contributed by atoms with Crippen LogP contribution in [0.3, 0.4) is 0 Å². The zero-order valence-corrected chi connectivity index (χ0v) is 28.4. The van der Waals surface area contributed by atoms with Crippen LogP contribution in [0.25, 0.3) is 10.4 Å². The second kappa shape index (κ2) is 13.2. The number of aromatic nitrogens is 1. The largest absolute Gasteiger partial charge is 0.391 e. The number of aliphatic hydroxyl groups excluding tert-OH is 1. The highest BCUT2D eigenvalue weighted by molar-refractivity contribution is 7.89. The number of carbonyl (C=O) groups excluding carboxylic acids is 3. The van der Waals surface area contributed by atoms with Crippen LogP contribution in [0.5, 0.6) is 0 Å². The predicted octanol–water partition coefficient (Wildman–Crippen LogP) is 3.39. The van der Waals surface area contributed by atoms with Crippen LogP contribution in [-0.4, -0.2) is 72.4 Å². The molecule has 5 rings (SSSR count). The molecule has 11 nitrogen and oxygen atoms in total. The maximum atomic E-state index is 14.0. The predicted molar refractivity (Wildman–Crippen MR) is 177 cm³/mol. The number of likely N-dealkylation sites (tertiary alicyclic amines) is 1. The molecule has 3 aromatic rings. The number of anilines is 1. The van der Waals surface area contributed by atoms with Crippen LogP contribution < -0.4 is 14.9 Å². The molecule has 0 saturated carbocycles. The molecule has 0 aliphatic carbocycles. The monoisotopic (exact) mass is 667 g/mol. The number of amides is 3. The van der Waals surface area contributed by atoms with Crippen LogP contribution in [0.1, 0.15) is 57.4 Å². The van der Waals surface area contributed by atoms with Crippen molar-refractivity contribution in [2.24, 2.45) is 5.41 Å². The topological polar surface area (TPSA) is 149 Å². The molecule has 0 spiro atoms. The Morgan fingerprint density at radius 3 is 2.48 bits per heavy atom. The molecule has 3 heterocycles. The number of sulfonamides is 1. The number of nitrogens with one attached hydrogen (secondary N) is 2. The van der Waals surface area contributed by atoms with Gasteiger partial charge in [0, 0.05) is 38.7 Å². The van der Waals surface area contributed by atoms with Crippen molar-refractivity contribution in [3.63, 3.8) is 0 Å². The smallest absolute Gasteiger partial charge is 0.243 e. The Hall–Kier alpha value is -3.65. The Kier molecular flexibility index (Phi) is 9.69. The van der Waals surface area contributed by atoms with Crippen LogP contribution in [-0.2, 0) is 37.4 Å². The lowest BCUT2D eigenvalue weighted by Gasteiger charge is -2.35.